The van der Waals surface area contributed by atoms with Crippen LogP contribution in [0.1, 0.15) is 19.3 Å². The van der Waals surface area contributed by atoms with Crippen molar-refractivity contribution in [3.8, 4) is 0 Å². The first kappa shape index (κ1) is 16.4. The maximum Gasteiger partial charge on any atom is 0.244 e. The van der Waals surface area contributed by atoms with Gasteiger partial charge in [0, 0.05) is 36.7 Å². The molecule has 1 aromatic rings. The number of benzene rings is 1. The minimum Gasteiger partial charge on any atom is -0.392 e. The van der Waals surface area contributed by atoms with Gasteiger partial charge in [0.25, 0.3) is 0 Å². The molecule has 0 radical (unpaired) electrons. The van der Waals surface area contributed by atoms with E-state index in [1.165, 1.54) is 0 Å². The number of halogens is 1. The van der Waals surface area contributed by atoms with Crippen LogP contribution in [0.3, 0.4) is 0 Å². The zero-order valence-corrected chi connectivity index (χ0v) is 14.8. The zero-order chi connectivity index (χ0) is 15.7. The fourth-order valence-corrected chi connectivity index (χ4v) is 5.77. The lowest BCUT2D eigenvalue weighted by molar-refractivity contribution is 0.132. The summed E-state index contributed by atoms with van der Waals surface area (Å²) in [6, 6.07) is 7.35. The molecule has 1 aromatic carbocycles. The van der Waals surface area contributed by atoms with Crippen molar-refractivity contribution in [2.75, 3.05) is 26.2 Å². The van der Waals surface area contributed by atoms with Gasteiger partial charge in [0.1, 0.15) is 0 Å². The summed E-state index contributed by atoms with van der Waals surface area (Å²) in [5.41, 5.74) is 0. The molecule has 0 spiro atoms. The molecular weight excluding hydrogens is 368 g/mol. The lowest BCUT2D eigenvalue weighted by atomic mass is 10.1. The van der Waals surface area contributed by atoms with E-state index in [0.717, 1.165) is 32.4 Å². The van der Waals surface area contributed by atoms with Crippen molar-refractivity contribution in [3.05, 3.63) is 28.7 Å². The van der Waals surface area contributed by atoms with Crippen molar-refractivity contribution in [3.63, 3.8) is 0 Å². The molecule has 0 unspecified atom stereocenters. The fraction of sp³-hybridized carbons (Fsp3) is 0.600. The summed E-state index contributed by atoms with van der Waals surface area (Å²) in [6.45, 7) is 2.73. The molecule has 0 bridgehead atoms. The van der Waals surface area contributed by atoms with Gasteiger partial charge in [-0.25, -0.2) is 8.42 Å². The summed E-state index contributed by atoms with van der Waals surface area (Å²) in [4.78, 5) is 2.64. The van der Waals surface area contributed by atoms with Gasteiger partial charge < -0.3 is 5.11 Å². The number of aliphatic hydroxyl groups is 1. The number of sulfonamides is 1. The van der Waals surface area contributed by atoms with Gasteiger partial charge in [-0.05, 0) is 47.3 Å². The predicted molar refractivity (Wildman–Crippen MR) is 88.1 cm³/mol. The lowest BCUT2D eigenvalue weighted by Crippen LogP contribution is -2.46. The van der Waals surface area contributed by atoms with E-state index in [4.69, 9.17) is 0 Å². The molecule has 2 fully saturated rings. The highest BCUT2D eigenvalue weighted by Gasteiger charge is 2.34. The van der Waals surface area contributed by atoms with E-state index in [1.807, 2.05) is 6.07 Å². The van der Waals surface area contributed by atoms with E-state index < -0.39 is 10.0 Å². The first-order chi connectivity index (χ1) is 10.5. The van der Waals surface area contributed by atoms with Gasteiger partial charge in [0.15, 0.2) is 0 Å². The van der Waals surface area contributed by atoms with E-state index in [0.29, 0.717) is 28.5 Å². The molecule has 0 aliphatic carbocycles. The molecular formula is C15H21BrN2O3S. The minimum atomic E-state index is -3.43. The van der Waals surface area contributed by atoms with Gasteiger partial charge in [-0.15, -0.1) is 0 Å². The molecule has 0 aromatic heterocycles. The van der Waals surface area contributed by atoms with E-state index in [9.17, 15) is 13.5 Å². The van der Waals surface area contributed by atoms with Crippen LogP contribution in [0.5, 0.6) is 0 Å². The van der Waals surface area contributed by atoms with E-state index >= 15 is 0 Å². The van der Waals surface area contributed by atoms with Crippen LogP contribution in [-0.4, -0.2) is 61.1 Å². The normalized spacial score (nSPS) is 25.6. The van der Waals surface area contributed by atoms with Crippen molar-refractivity contribution in [1.29, 1.82) is 0 Å². The topological polar surface area (TPSA) is 60.9 Å². The van der Waals surface area contributed by atoms with Crippen LogP contribution >= 0.6 is 15.9 Å². The van der Waals surface area contributed by atoms with Crippen LogP contribution in [-0.2, 0) is 10.0 Å². The molecule has 1 atom stereocenters. The SMILES string of the molecule is O=S(=O)(c1ccccc1Br)N1CCC(N2CC[C@@H](O)C2)CC1. The molecule has 5 nitrogen and oxygen atoms in total. The van der Waals surface area contributed by atoms with Crippen molar-refractivity contribution < 1.29 is 13.5 Å². The van der Waals surface area contributed by atoms with Crippen LogP contribution in [0.25, 0.3) is 0 Å². The largest absolute Gasteiger partial charge is 0.392 e. The molecule has 2 heterocycles. The Labute approximate surface area is 140 Å². The van der Waals surface area contributed by atoms with Gasteiger partial charge in [-0.2, -0.15) is 4.31 Å². The lowest BCUT2D eigenvalue weighted by Gasteiger charge is -2.36. The number of rotatable bonds is 3. The van der Waals surface area contributed by atoms with Crippen molar-refractivity contribution in [2.24, 2.45) is 0 Å². The number of aliphatic hydroxyl groups excluding tert-OH is 1. The van der Waals surface area contributed by atoms with E-state index in [2.05, 4.69) is 20.8 Å². The Hall–Kier alpha value is -0.470. The van der Waals surface area contributed by atoms with Gasteiger partial charge in [0.05, 0.1) is 11.0 Å². The number of piperidine rings is 1. The van der Waals surface area contributed by atoms with Gasteiger partial charge in [-0.3, -0.25) is 4.90 Å². The third kappa shape index (κ3) is 3.23. The van der Waals surface area contributed by atoms with Crippen LogP contribution in [0.15, 0.2) is 33.6 Å². The highest BCUT2D eigenvalue weighted by atomic mass is 79.9. The molecule has 0 amide bonds. The number of likely N-dealkylation sites (tertiary alicyclic amines) is 1. The second kappa shape index (κ2) is 6.57. The number of nitrogens with zero attached hydrogens (tertiary/aromatic N) is 2. The van der Waals surface area contributed by atoms with E-state index in [1.54, 1.807) is 22.5 Å². The Balaban J connectivity index is 1.67. The Morgan fingerprint density at radius 3 is 2.36 bits per heavy atom. The maximum absolute atomic E-state index is 12.7. The average Bonchev–Trinajstić information content (AvgIpc) is 2.94. The van der Waals surface area contributed by atoms with Crippen molar-refractivity contribution in [1.82, 2.24) is 9.21 Å². The Kier molecular flexibility index (Phi) is 4.89. The van der Waals surface area contributed by atoms with Gasteiger partial charge >= 0.3 is 0 Å². The fourth-order valence-electron chi connectivity index (χ4n) is 3.34. The predicted octanol–water partition coefficient (Wildman–Crippen LogP) is 1.67. The van der Waals surface area contributed by atoms with Crippen LogP contribution in [0.4, 0.5) is 0 Å². The van der Waals surface area contributed by atoms with E-state index in [-0.39, 0.29) is 6.10 Å². The third-order valence-electron chi connectivity index (χ3n) is 4.59. The van der Waals surface area contributed by atoms with Gasteiger partial charge in [-0.1, -0.05) is 12.1 Å². The summed E-state index contributed by atoms with van der Waals surface area (Å²) in [6.07, 6.45) is 2.27. The first-order valence-corrected chi connectivity index (χ1v) is 9.88. The summed E-state index contributed by atoms with van der Waals surface area (Å²) in [5.74, 6) is 0. The molecule has 2 aliphatic rings. The van der Waals surface area contributed by atoms with Gasteiger partial charge in [0.2, 0.25) is 10.0 Å². The molecule has 1 N–H and O–H groups in total. The number of hydrogen-bond donors (Lipinski definition) is 1. The van der Waals surface area contributed by atoms with Crippen LogP contribution in [0, 0.1) is 0 Å². The molecule has 2 saturated heterocycles. The maximum atomic E-state index is 12.7. The average molecular weight is 389 g/mol. The number of hydrogen-bond acceptors (Lipinski definition) is 4. The molecule has 2 aliphatic heterocycles. The van der Waals surface area contributed by atoms with Crippen molar-refractivity contribution >= 4 is 26.0 Å². The highest BCUT2D eigenvalue weighted by Crippen LogP contribution is 2.28. The molecule has 3 rings (SSSR count). The molecule has 7 heteroatoms. The smallest absolute Gasteiger partial charge is 0.244 e. The zero-order valence-electron chi connectivity index (χ0n) is 12.4. The highest BCUT2D eigenvalue weighted by molar-refractivity contribution is 9.10. The molecule has 22 heavy (non-hydrogen) atoms. The monoisotopic (exact) mass is 388 g/mol. The third-order valence-corrected chi connectivity index (χ3v) is 7.50. The summed E-state index contributed by atoms with van der Waals surface area (Å²) >= 11 is 3.33. The van der Waals surface area contributed by atoms with Crippen molar-refractivity contribution in [2.45, 2.75) is 36.3 Å². The Bertz CT molecular complexity index is 629. The van der Waals surface area contributed by atoms with Crippen LogP contribution < -0.4 is 0 Å². The minimum absolute atomic E-state index is 0.220. The standard InChI is InChI=1S/C15H21BrN2O3S/c16-14-3-1-2-4-15(14)22(20,21)18-9-5-12(6-10-18)17-8-7-13(19)11-17/h1-4,12-13,19H,5-11H2/t13-/m1/s1. The molecule has 0 saturated carbocycles. The first-order valence-electron chi connectivity index (χ1n) is 7.65. The quantitative estimate of drug-likeness (QED) is 0.855. The Morgan fingerprint density at radius 2 is 1.77 bits per heavy atom. The number of β-amino-alcohol motifs (C(OH)–C–C–N with tert-alkyl or cyclic N) is 1. The van der Waals surface area contributed by atoms with Crippen LogP contribution in [0.2, 0.25) is 0 Å². The second-order valence-electron chi connectivity index (χ2n) is 6.00. The summed E-state index contributed by atoms with van der Waals surface area (Å²) in [7, 11) is -3.43. The molecule has 122 valence electrons. The Morgan fingerprint density at radius 1 is 1.09 bits per heavy atom. The second-order valence-corrected chi connectivity index (χ2v) is 8.76. The summed E-state index contributed by atoms with van der Waals surface area (Å²) < 4.78 is 27.7. The summed E-state index contributed by atoms with van der Waals surface area (Å²) in [5, 5.41) is 9.64.